The van der Waals surface area contributed by atoms with Crippen molar-refractivity contribution in [2.24, 2.45) is 0 Å². The zero-order valence-electron chi connectivity index (χ0n) is 29.9. The molecular formula is C50H30N4O2. The molecule has 0 fully saturated rings. The monoisotopic (exact) mass is 718 g/mol. The molecule has 6 nitrogen and oxygen atoms in total. The summed E-state index contributed by atoms with van der Waals surface area (Å²) < 4.78 is 12.9. The van der Waals surface area contributed by atoms with Crippen LogP contribution in [0.3, 0.4) is 0 Å². The van der Waals surface area contributed by atoms with Crippen molar-refractivity contribution >= 4 is 43.9 Å². The first kappa shape index (κ1) is 31.8. The first-order valence-electron chi connectivity index (χ1n) is 18.5. The zero-order chi connectivity index (χ0) is 37.0. The molecule has 0 saturated heterocycles. The number of benzene rings is 7. The highest BCUT2D eigenvalue weighted by Crippen LogP contribution is 2.43. The Balaban J connectivity index is 0.998. The van der Waals surface area contributed by atoms with E-state index in [1.165, 1.54) is 0 Å². The minimum Gasteiger partial charge on any atom is -0.456 e. The standard InChI is InChI=1S/C50H30N4O2/c1-2-9-33(10-3-1)48-52-49(34-20-16-31(17-21-34)37-11-8-28-51-30-37)54-50(53-48)35-22-18-32(19-23-35)39-27-26-38(46-42-13-5-7-15-44(42)56-47(39)46)36-24-25-41-40-12-4-6-14-43(40)55-45(41)29-36/h1-30H. The van der Waals surface area contributed by atoms with Gasteiger partial charge in [-0.15, -0.1) is 0 Å². The van der Waals surface area contributed by atoms with Gasteiger partial charge in [-0.2, -0.15) is 0 Å². The summed E-state index contributed by atoms with van der Waals surface area (Å²) in [6.07, 6.45) is 3.64. The minimum absolute atomic E-state index is 0.599. The van der Waals surface area contributed by atoms with E-state index in [0.29, 0.717) is 17.5 Å². The van der Waals surface area contributed by atoms with Crippen LogP contribution in [-0.4, -0.2) is 19.9 Å². The molecule has 0 radical (unpaired) electrons. The van der Waals surface area contributed by atoms with E-state index in [0.717, 1.165) is 93.9 Å². The van der Waals surface area contributed by atoms with Crippen LogP contribution in [0.25, 0.3) is 111 Å². The molecule has 0 bridgehead atoms. The third kappa shape index (κ3) is 5.43. The summed E-state index contributed by atoms with van der Waals surface area (Å²) in [4.78, 5) is 19.2. The number of hydrogen-bond acceptors (Lipinski definition) is 6. The van der Waals surface area contributed by atoms with Gasteiger partial charge in [0.25, 0.3) is 0 Å². The van der Waals surface area contributed by atoms with Gasteiger partial charge in [0.1, 0.15) is 22.3 Å². The van der Waals surface area contributed by atoms with Crippen LogP contribution in [0.2, 0.25) is 0 Å². The van der Waals surface area contributed by atoms with E-state index in [1.807, 2.05) is 72.9 Å². The second-order valence-electron chi connectivity index (χ2n) is 13.8. The smallest absolute Gasteiger partial charge is 0.164 e. The van der Waals surface area contributed by atoms with E-state index in [4.69, 9.17) is 23.8 Å². The van der Waals surface area contributed by atoms with Crippen molar-refractivity contribution in [3.8, 4) is 67.5 Å². The lowest BCUT2D eigenvalue weighted by molar-refractivity contribution is 0.668. The Morgan fingerprint density at radius 3 is 1.57 bits per heavy atom. The van der Waals surface area contributed by atoms with Gasteiger partial charge in [-0.25, -0.2) is 15.0 Å². The fourth-order valence-electron chi connectivity index (χ4n) is 7.68. The van der Waals surface area contributed by atoms with E-state index < -0.39 is 0 Å². The highest BCUT2D eigenvalue weighted by atomic mass is 16.3. The van der Waals surface area contributed by atoms with E-state index in [-0.39, 0.29) is 0 Å². The number of fused-ring (bicyclic) bond motifs is 6. The lowest BCUT2D eigenvalue weighted by Crippen LogP contribution is -2.00. The van der Waals surface area contributed by atoms with Crippen LogP contribution < -0.4 is 0 Å². The normalized spacial score (nSPS) is 11.6. The zero-order valence-corrected chi connectivity index (χ0v) is 29.9. The Morgan fingerprint density at radius 1 is 0.339 bits per heavy atom. The summed E-state index contributed by atoms with van der Waals surface area (Å²) in [6, 6.07) is 57.9. The number of nitrogens with zero attached hydrogens (tertiary/aromatic N) is 4. The van der Waals surface area contributed by atoms with E-state index in [2.05, 4.69) is 108 Å². The topological polar surface area (TPSA) is 77.8 Å². The van der Waals surface area contributed by atoms with Gasteiger partial charge in [0, 0.05) is 56.2 Å². The number of pyridine rings is 1. The van der Waals surface area contributed by atoms with Gasteiger partial charge in [0.15, 0.2) is 17.5 Å². The molecule has 4 heterocycles. The van der Waals surface area contributed by atoms with Crippen LogP contribution in [0.15, 0.2) is 191 Å². The largest absolute Gasteiger partial charge is 0.456 e. The lowest BCUT2D eigenvalue weighted by Gasteiger charge is -2.11. The van der Waals surface area contributed by atoms with Crippen LogP contribution in [0, 0.1) is 0 Å². The average molecular weight is 719 g/mol. The van der Waals surface area contributed by atoms with Crippen molar-refractivity contribution in [2.45, 2.75) is 0 Å². The molecule has 0 atom stereocenters. The van der Waals surface area contributed by atoms with Crippen molar-refractivity contribution in [3.63, 3.8) is 0 Å². The predicted molar refractivity (Wildman–Crippen MR) is 225 cm³/mol. The molecule has 0 amide bonds. The number of para-hydroxylation sites is 2. The summed E-state index contributed by atoms with van der Waals surface area (Å²) in [5.41, 5.74) is 12.5. The lowest BCUT2D eigenvalue weighted by atomic mass is 9.94. The molecule has 0 saturated carbocycles. The van der Waals surface area contributed by atoms with Gasteiger partial charge < -0.3 is 8.83 Å². The van der Waals surface area contributed by atoms with Crippen molar-refractivity contribution < 1.29 is 8.83 Å². The van der Waals surface area contributed by atoms with Gasteiger partial charge >= 0.3 is 0 Å². The molecule has 262 valence electrons. The maximum Gasteiger partial charge on any atom is 0.164 e. The second-order valence-corrected chi connectivity index (χ2v) is 13.8. The first-order chi connectivity index (χ1) is 27.7. The van der Waals surface area contributed by atoms with Crippen LogP contribution in [0.5, 0.6) is 0 Å². The predicted octanol–water partition coefficient (Wildman–Crippen LogP) is 13.1. The highest BCUT2D eigenvalue weighted by molar-refractivity contribution is 6.17. The maximum atomic E-state index is 6.66. The van der Waals surface area contributed by atoms with Crippen molar-refractivity contribution in [3.05, 3.63) is 182 Å². The van der Waals surface area contributed by atoms with E-state index >= 15 is 0 Å². The molecule has 56 heavy (non-hydrogen) atoms. The molecule has 0 spiro atoms. The summed E-state index contributed by atoms with van der Waals surface area (Å²) in [5.74, 6) is 1.82. The Kier molecular flexibility index (Phi) is 7.38. The Bertz CT molecular complexity index is 3220. The van der Waals surface area contributed by atoms with Gasteiger partial charge in [-0.3, -0.25) is 4.98 Å². The first-order valence-corrected chi connectivity index (χ1v) is 18.5. The second kappa shape index (κ2) is 13.0. The molecule has 7 aromatic carbocycles. The Hall–Kier alpha value is -7.70. The molecule has 0 aliphatic carbocycles. The number of hydrogen-bond donors (Lipinski definition) is 0. The summed E-state index contributed by atoms with van der Waals surface area (Å²) in [5, 5.41) is 4.36. The molecule has 0 aliphatic rings. The molecule has 0 unspecified atom stereocenters. The van der Waals surface area contributed by atoms with E-state index in [9.17, 15) is 0 Å². The Morgan fingerprint density at radius 2 is 0.875 bits per heavy atom. The molecule has 0 N–H and O–H groups in total. The van der Waals surface area contributed by atoms with E-state index in [1.54, 1.807) is 6.20 Å². The van der Waals surface area contributed by atoms with Crippen molar-refractivity contribution in [2.75, 3.05) is 0 Å². The molecule has 11 aromatic rings. The third-order valence-corrected chi connectivity index (χ3v) is 10.5. The average Bonchev–Trinajstić information content (AvgIpc) is 3.85. The molecule has 4 aromatic heterocycles. The van der Waals surface area contributed by atoms with Crippen molar-refractivity contribution in [1.29, 1.82) is 0 Å². The quantitative estimate of drug-likeness (QED) is 0.170. The molecule has 6 heteroatoms. The highest BCUT2D eigenvalue weighted by Gasteiger charge is 2.19. The fourth-order valence-corrected chi connectivity index (χ4v) is 7.68. The summed E-state index contributed by atoms with van der Waals surface area (Å²) in [6.45, 7) is 0. The number of rotatable bonds is 6. The summed E-state index contributed by atoms with van der Waals surface area (Å²) >= 11 is 0. The molecule has 11 rings (SSSR count). The third-order valence-electron chi connectivity index (χ3n) is 10.5. The van der Waals surface area contributed by atoms with Gasteiger partial charge in [0.05, 0.1) is 0 Å². The van der Waals surface area contributed by atoms with Gasteiger partial charge in [0.2, 0.25) is 0 Å². The minimum atomic E-state index is 0.599. The fraction of sp³-hybridized carbons (Fsp3) is 0. The van der Waals surface area contributed by atoms with Crippen molar-refractivity contribution in [1.82, 2.24) is 19.9 Å². The Labute approximate surface area is 321 Å². The molecule has 0 aliphatic heterocycles. The summed E-state index contributed by atoms with van der Waals surface area (Å²) in [7, 11) is 0. The van der Waals surface area contributed by atoms with Crippen LogP contribution in [0.1, 0.15) is 0 Å². The SMILES string of the molecule is c1ccc(-c2nc(-c3ccc(-c4cccnc4)cc3)nc(-c3ccc(-c4ccc(-c5ccc6c(c5)oc5ccccc56)c5c4oc4ccccc45)cc3)n2)cc1. The van der Waals surface area contributed by atoms with Crippen LogP contribution >= 0.6 is 0 Å². The molecular weight excluding hydrogens is 689 g/mol. The van der Waals surface area contributed by atoms with Crippen LogP contribution in [-0.2, 0) is 0 Å². The van der Waals surface area contributed by atoms with Gasteiger partial charge in [-0.05, 0) is 64.2 Å². The van der Waals surface area contributed by atoms with Gasteiger partial charge in [-0.1, -0.05) is 133 Å². The maximum absolute atomic E-state index is 6.66. The van der Waals surface area contributed by atoms with Crippen LogP contribution in [0.4, 0.5) is 0 Å². The number of furan rings is 2. The number of aromatic nitrogens is 4.